The van der Waals surface area contributed by atoms with Gasteiger partial charge in [0.05, 0.1) is 6.10 Å². The topological polar surface area (TPSA) is 43.8 Å². The third-order valence-corrected chi connectivity index (χ3v) is 6.58. The van der Waals surface area contributed by atoms with Crippen molar-refractivity contribution in [2.75, 3.05) is 26.2 Å². The summed E-state index contributed by atoms with van der Waals surface area (Å²) < 4.78 is 0. The molecule has 2 atom stereocenters. The first-order valence-corrected chi connectivity index (χ1v) is 11.0. The van der Waals surface area contributed by atoms with Crippen molar-refractivity contribution < 1.29 is 9.90 Å². The van der Waals surface area contributed by atoms with Crippen LogP contribution in [0.2, 0.25) is 0 Å². The molecule has 2 aliphatic rings. The molecule has 0 aromatic heterocycles. The number of rotatable bonds is 5. The molecule has 0 radical (unpaired) electrons. The first-order chi connectivity index (χ1) is 14.2. The SMILES string of the molecule is O=C(CC1CCN(Cc2ccccc2)CC1)N1CC[C@H](c2ccccc2)[C@H](O)C1. The summed E-state index contributed by atoms with van der Waals surface area (Å²) in [7, 11) is 0. The highest BCUT2D eigenvalue weighted by molar-refractivity contribution is 5.76. The molecule has 4 rings (SSSR count). The molecule has 1 amide bonds. The number of hydrogen-bond donors (Lipinski definition) is 1. The van der Waals surface area contributed by atoms with Crippen LogP contribution in [-0.4, -0.2) is 53.1 Å². The molecule has 2 fully saturated rings. The zero-order valence-corrected chi connectivity index (χ0v) is 17.1. The molecule has 0 saturated carbocycles. The average molecular weight is 393 g/mol. The fourth-order valence-electron chi connectivity index (χ4n) is 4.81. The zero-order valence-electron chi connectivity index (χ0n) is 17.1. The van der Waals surface area contributed by atoms with Crippen molar-refractivity contribution >= 4 is 5.91 Å². The van der Waals surface area contributed by atoms with Crippen LogP contribution >= 0.6 is 0 Å². The van der Waals surface area contributed by atoms with E-state index in [1.54, 1.807) is 0 Å². The molecule has 29 heavy (non-hydrogen) atoms. The van der Waals surface area contributed by atoms with E-state index in [-0.39, 0.29) is 11.8 Å². The van der Waals surface area contributed by atoms with E-state index >= 15 is 0 Å². The summed E-state index contributed by atoms with van der Waals surface area (Å²) in [6.07, 6.45) is 3.17. The summed E-state index contributed by atoms with van der Waals surface area (Å²) in [6, 6.07) is 20.8. The molecule has 2 aliphatic heterocycles. The molecule has 154 valence electrons. The van der Waals surface area contributed by atoms with E-state index in [0.29, 0.717) is 18.9 Å². The van der Waals surface area contributed by atoms with Gasteiger partial charge in [0, 0.05) is 32.0 Å². The molecule has 4 heteroatoms. The predicted octanol–water partition coefficient (Wildman–Crippen LogP) is 3.67. The fourth-order valence-corrected chi connectivity index (χ4v) is 4.81. The van der Waals surface area contributed by atoms with E-state index in [2.05, 4.69) is 47.4 Å². The number of piperidine rings is 2. The van der Waals surface area contributed by atoms with Crippen molar-refractivity contribution in [2.24, 2.45) is 5.92 Å². The zero-order chi connectivity index (χ0) is 20.1. The number of carbonyl (C=O) groups excluding carboxylic acids is 1. The Labute approximate surface area is 174 Å². The van der Waals surface area contributed by atoms with Gasteiger partial charge < -0.3 is 10.0 Å². The molecule has 2 saturated heterocycles. The minimum Gasteiger partial charge on any atom is -0.391 e. The standard InChI is InChI=1S/C25H32N2O2/c28-24-19-27(16-13-23(24)22-9-5-2-6-10-22)25(29)17-20-11-14-26(15-12-20)18-21-7-3-1-4-8-21/h1-10,20,23-24,28H,11-19H2/t23-,24-/m1/s1. The maximum absolute atomic E-state index is 12.8. The molecule has 2 heterocycles. The van der Waals surface area contributed by atoms with E-state index < -0.39 is 6.10 Å². The van der Waals surface area contributed by atoms with Gasteiger partial charge in [-0.2, -0.15) is 0 Å². The van der Waals surface area contributed by atoms with E-state index in [0.717, 1.165) is 45.4 Å². The second-order valence-corrected chi connectivity index (χ2v) is 8.62. The van der Waals surface area contributed by atoms with Gasteiger partial charge in [-0.3, -0.25) is 9.69 Å². The number of nitrogens with zero attached hydrogens (tertiary/aromatic N) is 2. The normalized spacial score (nSPS) is 23.8. The van der Waals surface area contributed by atoms with E-state index in [4.69, 9.17) is 0 Å². The highest BCUT2D eigenvalue weighted by Crippen LogP contribution is 2.30. The molecule has 0 bridgehead atoms. The largest absolute Gasteiger partial charge is 0.391 e. The van der Waals surface area contributed by atoms with Crippen LogP contribution in [0.15, 0.2) is 60.7 Å². The average Bonchev–Trinajstić information content (AvgIpc) is 2.76. The number of aliphatic hydroxyl groups excluding tert-OH is 1. The van der Waals surface area contributed by atoms with Crippen LogP contribution < -0.4 is 0 Å². The second kappa shape index (κ2) is 9.55. The van der Waals surface area contributed by atoms with Gasteiger partial charge in [0.1, 0.15) is 0 Å². The highest BCUT2D eigenvalue weighted by Gasteiger charge is 2.32. The number of likely N-dealkylation sites (tertiary alicyclic amines) is 2. The lowest BCUT2D eigenvalue weighted by Gasteiger charge is -2.38. The Bertz CT molecular complexity index is 772. The Kier molecular flexibility index (Phi) is 6.63. The van der Waals surface area contributed by atoms with Crippen LogP contribution in [0.25, 0.3) is 0 Å². The molecule has 2 aromatic rings. The van der Waals surface area contributed by atoms with Crippen LogP contribution in [0, 0.1) is 5.92 Å². The quantitative estimate of drug-likeness (QED) is 0.844. The van der Waals surface area contributed by atoms with Crippen molar-refractivity contribution in [3.8, 4) is 0 Å². The third-order valence-electron chi connectivity index (χ3n) is 6.58. The van der Waals surface area contributed by atoms with Gasteiger partial charge in [-0.05, 0) is 49.4 Å². The van der Waals surface area contributed by atoms with Gasteiger partial charge in [-0.15, -0.1) is 0 Å². The number of benzene rings is 2. The Morgan fingerprint density at radius 3 is 2.21 bits per heavy atom. The van der Waals surface area contributed by atoms with Gasteiger partial charge in [-0.1, -0.05) is 60.7 Å². The molecule has 1 N–H and O–H groups in total. The Balaban J connectivity index is 1.22. The first-order valence-electron chi connectivity index (χ1n) is 11.0. The first kappa shape index (κ1) is 20.1. The van der Waals surface area contributed by atoms with Gasteiger partial charge in [0.2, 0.25) is 5.91 Å². The van der Waals surface area contributed by atoms with Crippen LogP contribution in [0.1, 0.15) is 42.7 Å². The summed E-state index contributed by atoms with van der Waals surface area (Å²) in [5.74, 6) is 0.831. The summed E-state index contributed by atoms with van der Waals surface area (Å²) in [5, 5.41) is 10.6. The number of carbonyl (C=O) groups is 1. The van der Waals surface area contributed by atoms with Crippen molar-refractivity contribution in [3.63, 3.8) is 0 Å². The molecule has 0 aliphatic carbocycles. The fraction of sp³-hybridized carbons (Fsp3) is 0.480. The number of aliphatic hydroxyl groups is 1. The minimum absolute atomic E-state index is 0.140. The van der Waals surface area contributed by atoms with Crippen molar-refractivity contribution in [1.82, 2.24) is 9.80 Å². The van der Waals surface area contributed by atoms with Crippen molar-refractivity contribution in [2.45, 2.75) is 44.2 Å². The second-order valence-electron chi connectivity index (χ2n) is 8.62. The highest BCUT2D eigenvalue weighted by atomic mass is 16.3. The van der Waals surface area contributed by atoms with Gasteiger partial charge in [0.25, 0.3) is 0 Å². The van der Waals surface area contributed by atoms with E-state index in [9.17, 15) is 9.90 Å². The van der Waals surface area contributed by atoms with Crippen molar-refractivity contribution in [1.29, 1.82) is 0 Å². The molecular weight excluding hydrogens is 360 g/mol. The van der Waals surface area contributed by atoms with Crippen LogP contribution in [0.3, 0.4) is 0 Å². The minimum atomic E-state index is -0.470. The van der Waals surface area contributed by atoms with Crippen LogP contribution in [0.4, 0.5) is 0 Å². The summed E-state index contributed by atoms with van der Waals surface area (Å²) in [4.78, 5) is 17.2. The van der Waals surface area contributed by atoms with E-state index in [1.165, 1.54) is 11.1 Å². The van der Waals surface area contributed by atoms with Crippen molar-refractivity contribution in [3.05, 3.63) is 71.8 Å². The molecule has 0 unspecified atom stereocenters. The summed E-state index contributed by atoms with van der Waals surface area (Å²) in [6.45, 7) is 4.34. The maximum Gasteiger partial charge on any atom is 0.222 e. The molecule has 4 nitrogen and oxygen atoms in total. The third kappa shape index (κ3) is 5.26. The smallest absolute Gasteiger partial charge is 0.222 e. The lowest BCUT2D eigenvalue weighted by atomic mass is 9.86. The molecular formula is C25H32N2O2. The lowest BCUT2D eigenvalue weighted by Crippen LogP contribution is -2.46. The molecule has 0 spiro atoms. The van der Waals surface area contributed by atoms with E-state index in [1.807, 2.05) is 23.1 Å². The number of hydrogen-bond acceptors (Lipinski definition) is 3. The predicted molar refractivity (Wildman–Crippen MR) is 115 cm³/mol. The Morgan fingerprint density at radius 1 is 0.897 bits per heavy atom. The lowest BCUT2D eigenvalue weighted by molar-refractivity contribution is -0.136. The number of amides is 1. The van der Waals surface area contributed by atoms with Gasteiger partial charge in [0.15, 0.2) is 0 Å². The number of β-amino-alcohol motifs (C(OH)–C–C–N with tert-alkyl or cyclic N) is 1. The Hall–Kier alpha value is -2.17. The molecule has 2 aromatic carbocycles. The summed E-state index contributed by atoms with van der Waals surface area (Å²) >= 11 is 0. The van der Waals surface area contributed by atoms with Crippen LogP contribution in [-0.2, 0) is 11.3 Å². The van der Waals surface area contributed by atoms with Gasteiger partial charge >= 0.3 is 0 Å². The van der Waals surface area contributed by atoms with Gasteiger partial charge in [-0.25, -0.2) is 0 Å². The maximum atomic E-state index is 12.8. The van der Waals surface area contributed by atoms with Crippen LogP contribution in [0.5, 0.6) is 0 Å². The summed E-state index contributed by atoms with van der Waals surface area (Å²) in [5.41, 5.74) is 2.54. The Morgan fingerprint density at radius 2 is 1.55 bits per heavy atom. The monoisotopic (exact) mass is 392 g/mol.